The summed E-state index contributed by atoms with van der Waals surface area (Å²) in [5, 5.41) is 11.7. The van der Waals surface area contributed by atoms with Crippen LogP contribution in [0, 0.1) is 11.3 Å². The van der Waals surface area contributed by atoms with Crippen LogP contribution < -0.4 is 14.8 Å². The second-order valence-corrected chi connectivity index (χ2v) is 9.15. The van der Waals surface area contributed by atoms with E-state index in [0.29, 0.717) is 35.8 Å². The van der Waals surface area contributed by atoms with E-state index < -0.39 is 22.0 Å². The molecule has 9 heteroatoms. The summed E-state index contributed by atoms with van der Waals surface area (Å²) >= 11 is 0. The Labute approximate surface area is 182 Å². The van der Waals surface area contributed by atoms with Crippen molar-refractivity contribution in [2.24, 2.45) is 0 Å². The lowest BCUT2D eigenvalue weighted by atomic mass is 10.2. The lowest BCUT2D eigenvalue weighted by molar-refractivity contribution is -0.122. The Bertz CT molecular complexity index is 1070. The molecule has 1 saturated heterocycles. The van der Waals surface area contributed by atoms with E-state index in [0.717, 1.165) is 19.3 Å². The topological polar surface area (TPSA) is 109 Å². The fourth-order valence-corrected chi connectivity index (χ4v) is 4.80. The summed E-state index contributed by atoms with van der Waals surface area (Å²) in [4.78, 5) is 12.7. The van der Waals surface area contributed by atoms with E-state index in [1.54, 1.807) is 31.2 Å². The number of nitriles is 1. The molecular weight excluding hydrogens is 418 g/mol. The smallest absolute Gasteiger partial charge is 0.265 e. The van der Waals surface area contributed by atoms with Crippen molar-refractivity contribution in [2.75, 3.05) is 25.5 Å². The number of hydrogen-bond acceptors (Lipinski definition) is 6. The van der Waals surface area contributed by atoms with Gasteiger partial charge in [0.25, 0.3) is 5.91 Å². The van der Waals surface area contributed by atoms with Crippen molar-refractivity contribution in [3.8, 4) is 17.6 Å². The molecule has 0 saturated carbocycles. The number of carbonyl (C=O) groups is 1. The minimum atomic E-state index is -3.52. The number of amides is 1. The molecule has 1 amide bonds. The Morgan fingerprint density at radius 1 is 1.10 bits per heavy atom. The number of piperidine rings is 1. The average Bonchev–Trinajstić information content (AvgIpc) is 2.80. The fourth-order valence-electron chi connectivity index (χ4n) is 3.29. The molecule has 1 aliphatic heterocycles. The number of methoxy groups -OCH3 is 1. The molecular formula is C22H25N3O5S. The molecule has 8 nitrogen and oxygen atoms in total. The van der Waals surface area contributed by atoms with E-state index in [1.165, 1.54) is 29.6 Å². The summed E-state index contributed by atoms with van der Waals surface area (Å²) in [5.74, 6) is 0.288. The maximum Gasteiger partial charge on any atom is 0.265 e. The zero-order chi connectivity index (χ0) is 22.4. The van der Waals surface area contributed by atoms with Crippen molar-refractivity contribution in [2.45, 2.75) is 37.2 Å². The third kappa shape index (κ3) is 5.34. The molecule has 3 rings (SSSR count). The zero-order valence-corrected chi connectivity index (χ0v) is 18.3. The maximum absolute atomic E-state index is 12.7. The van der Waals surface area contributed by atoms with Gasteiger partial charge in [0.1, 0.15) is 0 Å². The summed E-state index contributed by atoms with van der Waals surface area (Å²) in [6.07, 6.45) is 1.94. The fraction of sp³-hybridized carbons (Fsp3) is 0.364. The van der Waals surface area contributed by atoms with E-state index in [4.69, 9.17) is 14.7 Å². The molecule has 1 atom stereocenters. The van der Waals surface area contributed by atoms with Crippen molar-refractivity contribution in [1.29, 1.82) is 5.26 Å². The van der Waals surface area contributed by atoms with E-state index in [-0.39, 0.29) is 4.90 Å². The first-order chi connectivity index (χ1) is 14.8. The van der Waals surface area contributed by atoms with Crippen LogP contribution in [0.1, 0.15) is 31.7 Å². The number of sulfonamides is 1. The van der Waals surface area contributed by atoms with Gasteiger partial charge in [0.2, 0.25) is 10.0 Å². The maximum atomic E-state index is 12.7. The Morgan fingerprint density at radius 2 is 1.77 bits per heavy atom. The number of benzene rings is 2. The second kappa shape index (κ2) is 9.81. The SMILES string of the molecule is COc1cc(C#N)ccc1O[C@H](C)C(=O)Nc1ccc(S(=O)(=O)N2CCCCC2)cc1. The third-order valence-electron chi connectivity index (χ3n) is 5.04. The molecule has 1 aliphatic rings. The highest BCUT2D eigenvalue weighted by Gasteiger charge is 2.26. The van der Waals surface area contributed by atoms with Gasteiger partial charge in [0.05, 0.1) is 23.6 Å². The van der Waals surface area contributed by atoms with E-state index >= 15 is 0 Å². The highest BCUT2D eigenvalue weighted by Crippen LogP contribution is 2.29. The standard InChI is InChI=1S/C22H25N3O5S/c1-16(30-20-11-6-17(15-23)14-21(20)29-2)22(26)24-18-7-9-19(10-8-18)31(27,28)25-12-4-3-5-13-25/h6-11,14,16H,3-5,12-13H2,1-2H3,(H,24,26)/t16-/m1/s1. The molecule has 164 valence electrons. The van der Waals surface area contributed by atoms with Gasteiger partial charge in [-0.2, -0.15) is 9.57 Å². The number of carbonyl (C=O) groups excluding carboxylic acids is 1. The lowest BCUT2D eigenvalue weighted by Gasteiger charge is -2.25. The highest BCUT2D eigenvalue weighted by molar-refractivity contribution is 7.89. The molecule has 2 aromatic carbocycles. The lowest BCUT2D eigenvalue weighted by Crippen LogP contribution is -2.35. The summed E-state index contributed by atoms with van der Waals surface area (Å²) in [5.41, 5.74) is 0.880. The molecule has 1 heterocycles. The van der Waals surface area contributed by atoms with Crippen LogP contribution in [0.4, 0.5) is 5.69 Å². The van der Waals surface area contributed by atoms with Gasteiger partial charge in [0.15, 0.2) is 17.6 Å². The number of rotatable bonds is 7. The summed E-state index contributed by atoms with van der Waals surface area (Å²) in [6.45, 7) is 2.66. The van der Waals surface area contributed by atoms with Gasteiger partial charge in [-0.15, -0.1) is 0 Å². The van der Waals surface area contributed by atoms with Crippen molar-refractivity contribution in [3.05, 3.63) is 48.0 Å². The van der Waals surface area contributed by atoms with Gasteiger partial charge in [-0.05, 0) is 56.2 Å². The van der Waals surface area contributed by atoms with Crippen LogP contribution in [0.2, 0.25) is 0 Å². The molecule has 1 fully saturated rings. The number of nitrogens with one attached hydrogen (secondary N) is 1. The van der Waals surface area contributed by atoms with Crippen LogP contribution in [-0.4, -0.2) is 44.9 Å². The van der Waals surface area contributed by atoms with Crippen molar-refractivity contribution >= 4 is 21.6 Å². The van der Waals surface area contributed by atoms with Gasteiger partial charge in [-0.25, -0.2) is 8.42 Å². The first-order valence-electron chi connectivity index (χ1n) is 10.0. The van der Waals surface area contributed by atoms with Crippen LogP contribution in [0.5, 0.6) is 11.5 Å². The molecule has 2 aromatic rings. The minimum absolute atomic E-state index is 0.207. The Morgan fingerprint density at radius 3 is 2.39 bits per heavy atom. The normalized spacial score (nSPS) is 15.5. The Kier molecular flexibility index (Phi) is 7.15. The summed E-state index contributed by atoms with van der Waals surface area (Å²) in [6, 6.07) is 12.8. The molecule has 0 spiro atoms. The van der Waals surface area contributed by atoms with E-state index in [1.807, 2.05) is 6.07 Å². The van der Waals surface area contributed by atoms with Crippen LogP contribution in [0.15, 0.2) is 47.4 Å². The van der Waals surface area contributed by atoms with E-state index in [9.17, 15) is 13.2 Å². The summed E-state index contributed by atoms with van der Waals surface area (Å²) < 4.78 is 37.8. The predicted molar refractivity (Wildman–Crippen MR) is 115 cm³/mol. The minimum Gasteiger partial charge on any atom is -0.493 e. The van der Waals surface area contributed by atoms with Crippen LogP contribution in [0.25, 0.3) is 0 Å². The van der Waals surface area contributed by atoms with Crippen LogP contribution >= 0.6 is 0 Å². The molecule has 0 aliphatic carbocycles. The van der Waals surface area contributed by atoms with Gasteiger partial charge >= 0.3 is 0 Å². The van der Waals surface area contributed by atoms with Crippen molar-refractivity contribution in [3.63, 3.8) is 0 Å². The van der Waals surface area contributed by atoms with Gasteiger partial charge < -0.3 is 14.8 Å². The summed E-state index contributed by atoms with van der Waals surface area (Å²) in [7, 11) is -2.07. The third-order valence-corrected chi connectivity index (χ3v) is 6.95. The number of hydrogen-bond donors (Lipinski definition) is 1. The Balaban J connectivity index is 1.65. The molecule has 0 aromatic heterocycles. The monoisotopic (exact) mass is 443 g/mol. The quantitative estimate of drug-likeness (QED) is 0.704. The number of anilines is 1. The predicted octanol–water partition coefficient (Wildman–Crippen LogP) is 3.15. The van der Waals surface area contributed by atoms with Crippen LogP contribution in [-0.2, 0) is 14.8 Å². The van der Waals surface area contributed by atoms with Gasteiger partial charge in [-0.1, -0.05) is 6.42 Å². The van der Waals surface area contributed by atoms with Crippen LogP contribution in [0.3, 0.4) is 0 Å². The molecule has 0 radical (unpaired) electrons. The first-order valence-corrected chi connectivity index (χ1v) is 11.4. The second-order valence-electron chi connectivity index (χ2n) is 7.22. The largest absolute Gasteiger partial charge is 0.493 e. The van der Waals surface area contributed by atoms with Gasteiger partial charge in [0, 0.05) is 24.8 Å². The highest BCUT2D eigenvalue weighted by atomic mass is 32.2. The molecule has 0 unspecified atom stereocenters. The first kappa shape index (κ1) is 22.6. The van der Waals surface area contributed by atoms with Gasteiger partial charge in [-0.3, -0.25) is 4.79 Å². The average molecular weight is 444 g/mol. The molecule has 0 bridgehead atoms. The van der Waals surface area contributed by atoms with Crippen molar-refractivity contribution in [1.82, 2.24) is 4.31 Å². The number of ether oxygens (including phenoxy) is 2. The zero-order valence-electron chi connectivity index (χ0n) is 17.5. The van der Waals surface area contributed by atoms with Crippen molar-refractivity contribution < 1.29 is 22.7 Å². The Hall–Kier alpha value is -3.09. The molecule has 1 N–H and O–H groups in total. The molecule has 31 heavy (non-hydrogen) atoms. The van der Waals surface area contributed by atoms with E-state index in [2.05, 4.69) is 5.32 Å². The number of nitrogens with zero attached hydrogens (tertiary/aromatic N) is 2.